The normalized spacial score (nSPS) is 14.5. The van der Waals surface area contributed by atoms with E-state index < -0.39 is 6.04 Å². The van der Waals surface area contributed by atoms with Gasteiger partial charge in [-0.1, -0.05) is 32.1 Å². The number of anilines is 1. The molecule has 0 heterocycles. The first-order valence-corrected chi connectivity index (χ1v) is 11.6. The van der Waals surface area contributed by atoms with Gasteiger partial charge in [0.1, 0.15) is 11.8 Å². The molecule has 1 saturated carbocycles. The van der Waals surface area contributed by atoms with Gasteiger partial charge in [-0.15, -0.1) is 0 Å². The molecule has 7 heteroatoms. The van der Waals surface area contributed by atoms with Gasteiger partial charge >= 0.3 is 0 Å². The average Bonchev–Trinajstić information content (AvgIpc) is 2.87. The number of nitrogens with one attached hydrogen (secondary N) is 3. The van der Waals surface area contributed by atoms with Crippen LogP contribution in [0.4, 0.5) is 5.69 Å². The molecule has 0 saturated heterocycles. The Balaban J connectivity index is 1.55. The first kappa shape index (κ1) is 24.1. The lowest BCUT2D eigenvalue weighted by Gasteiger charge is -2.26. The van der Waals surface area contributed by atoms with Crippen LogP contribution in [0.3, 0.4) is 0 Å². The number of rotatable bonds is 10. The van der Waals surface area contributed by atoms with Crippen molar-refractivity contribution in [2.24, 2.45) is 5.92 Å². The van der Waals surface area contributed by atoms with E-state index >= 15 is 0 Å². The summed E-state index contributed by atoms with van der Waals surface area (Å²) in [6.07, 6.45) is 6.41. The summed E-state index contributed by atoms with van der Waals surface area (Å²) in [5.74, 6) is 0.761. The van der Waals surface area contributed by atoms with Gasteiger partial charge in [-0.3, -0.25) is 9.59 Å². The van der Waals surface area contributed by atoms with Gasteiger partial charge in [-0.05, 0) is 60.9 Å². The van der Waals surface area contributed by atoms with Gasteiger partial charge in [0.2, 0.25) is 5.91 Å². The molecule has 3 rings (SSSR count). The summed E-state index contributed by atoms with van der Waals surface area (Å²) < 4.78 is 5.16. The van der Waals surface area contributed by atoms with E-state index in [-0.39, 0.29) is 11.8 Å². The van der Waals surface area contributed by atoms with Crippen molar-refractivity contribution in [2.75, 3.05) is 25.5 Å². The van der Waals surface area contributed by atoms with Gasteiger partial charge in [0.05, 0.1) is 18.7 Å². The first-order chi connectivity index (χ1) is 16.1. The lowest BCUT2D eigenvalue weighted by atomic mass is 9.84. The zero-order valence-corrected chi connectivity index (χ0v) is 19.1. The number of hydrogen-bond acceptors (Lipinski definition) is 5. The molecule has 7 nitrogen and oxygen atoms in total. The lowest BCUT2D eigenvalue weighted by molar-refractivity contribution is -0.123. The van der Waals surface area contributed by atoms with E-state index in [4.69, 9.17) is 10.00 Å². The number of benzene rings is 2. The molecule has 1 fully saturated rings. The third-order valence-electron chi connectivity index (χ3n) is 6.04. The molecule has 174 valence electrons. The van der Waals surface area contributed by atoms with Crippen LogP contribution in [0.1, 0.15) is 54.4 Å². The molecule has 3 N–H and O–H groups in total. The molecule has 33 heavy (non-hydrogen) atoms. The molecule has 1 aliphatic carbocycles. The largest absolute Gasteiger partial charge is 0.497 e. The van der Waals surface area contributed by atoms with Crippen LogP contribution >= 0.6 is 0 Å². The van der Waals surface area contributed by atoms with Crippen molar-refractivity contribution in [1.82, 2.24) is 10.6 Å². The van der Waals surface area contributed by atoms with Crippen molar-refractivity contribution < 1.29 is 14.3 Å². The monoisotopic (exact) mass is 448 g/mol. The minimum atomic E-state index is -0.586. The standard InChI is InChI=1S/C26H32N4O3/c1-33-23-13-11-22(12-14-23)28-15-16-29-26(32)24(17-19-5-3-2-4-6-19)30-25(31)21-9-7-20(18-27)8-10-21/h7-14,19,24,28H,2-6,15-17H2,1H3,(H,29,32)(H,30,31). The minimum absolute atomic E-state index is 0.168. The molecule has 2 amide bonds. The maximum atomic E-state index is 13.0. The number of nitrogens with zero attached hydrogens (tertiary/aromatic N) is 1. The van der Waals surface area contributed by atoms with E-state index in [2.05, 4.69) is 16.0 Å². The number of hydrogen-bond donors (Lipinski definition) is 3. The fourth-order valence-electron chi connectivity index (χ4n) is 4.15. The molecular weight excluding hydrogens is 416 g/mol. The molecule has 1 unspecified atom stereocenters. The summed E-state index contributed by atoms with van der Waals surface area (Å²) in [6.45, 7) is 1.01. The van der Waals surface area contributed by atoms with Crippen molar-refractivity contribution in [1.29, 1.82) is 5.26 Å². The van der Waals surface area contributed by atoms with E-state index in [1.54, 1.807) is 31.4 Å². The fourth-order valence-corrected chi connectivity index (χ4v) is 4.15. The van der Waals surface area contributed by atoms with Crippen LogP contribution in [-0.4, -0.2) is 38.1 Å². The van der Waals surface area contributed by atoms with Crippen molar-refractivity contribution in [3.8, 4) is 11.8 Å². The quantitative estimate of drug-likeness (QED) is 0.479. The van der Waals surface area contributed by atoms with Crippen molar-refractivity contribution in [3.63, 3.8) is 0 Å². The van der Waals surface area contributed by atoms with Crippen LogP contribution in [-0.2, 0) is 4.79 Å². The Labute approximate surface area is 195 Å². The first-order valence-electron chi connectivity index (χ1n) is 11.6. The third-order valence-corrected chi connectivity index (χ3v) is 6.04. The van der Waals surface area contributed by atoms with Gasteiger partial charge in [0.15, 0.2) is 0 Å². The van der Waals surface area contributed by atoms with Gasteiger partial charge in [0, 0.05) is 24.3 Å². The number of amides is 2. The van der Waals surface area contributed by atoms with Crippen molar-refractivity contribution in [3.05, 3.63) is 59.7 Å². The Morgan fingerprint density at radius 2 is 1.73 bits per heavy atom. The van der Waals surface area contributed by atoms with Gasteiger partial charge in [-0.2, -0.15) is 5.26 Å². The highest BCUT2D eigenvalue weighted by Crippen LogP contribution is 2.27. The number of carbonyl (C=O) groups excluding carboxylic acids is 2. The summed E-state index contributed by atoms with van der Waals surface area (Å²) >= 11 is 0. The third kappa shape index (κ3) is 7.53. The molecule has 0 aliphatic heterocycles. The molecule has 0 spiro atoms. The molecule has 0 bridgehead atoms. The zero-order chi connectivity index (χ0) is 23.5. The summed E-state index contributed by atoms with van der Waals surface area (Å²) in [5.41, 5.74) is 1.88. The topological polar surface area (TPSA) is 103 Å². The van der Waals surface area contributed by atoms with Crippen LogP contribution in [0.15, 0.2) is 48.5 Å². The van der Waals surface area contributed by atoms with Crippen LogP contribution in [0, 0.1) is 17.2 Å². The van der Waals surface area contributed by atoms with E-state index in [1.165, 1.54) is 19.3 Å². The highest BCUT2D eigenvalue weighted by molar-refractivity contribution is 5.97. The number of methoxy groups -OCH3 is 1. The van der Waals surface area contributed by atoms with Crippen LogP contribution in [0.25, 0.3) is 0 Å². The SMILES string of the molecule is COc1ccc(NCCNC(=O)C(CC2CCCCC2)NC(=O)c2ccc(C#N)cc2)cc1. The summed E-state index contributed by atoms with van der Waals surface area (Å²) in [4.78, 5) is 25.7. The lowest BCUT2D eigenvalue weighted by Crippen LogP contribution is -2.48. The summed E-state index contributed by atoms with van der Waals surface area (Å²) in [7, 11) is 1.63. The van der Waals surface area contributed by atoms with E-state index in [0.717, 1.165) is 24.3 Å². The molecule has 1 aliphatic rings. The van der Waals surface area contributed by atoms with Crippen LogP contribution in [0.2, 0.25) is 0 Å². The van der Waals surface area contributed by atoms with E-state index in [1.807, 2.05) is 30.3 Å². The molecule has 2 aromatic rings. The van der Waals surface area contributed by atoms with Gasteiger partial charge in [-0.25, -0.2) is 0 Å². The Kier molecular flexibility index (Phi) is 9.13. The zero-order valence-electron chi connectivity index (χ0n) is 19.1. The maximum absolute atomic E-state index is 13.0. The molecule has 1 atom stereocenters. The summed E-state index contributed by atoms with van der Waals surface area (Å²) in [6, 6.07) is 15.5. The Bertz CT molecular complexity index is 945. The highest BCUT2D eigenvalue weighted by atomic mass is 16.5. The van der Waals surface area contributed by atoms with E-state index in [9.17, 15) is 9.59 Å². The fraction of sp³-hybridized carbons (Fsp3) is 0.423. The number of carbonyl (C=O) groups is 2. The second-order valence-corrected chi connectivity index (χ2v) is 8.40. The van der Waals surface area contributed by atoms with Crippen molar-refractivity contribution >= 4 is 17.5 Å². The number of ether oxygens (including phenoxy) is 1. The van der Waals surface area contributed by atoms with E-state index in [0.29, 0.717) is 36.6 Å². The van der Waals surface area contributed by atoms with Gasteiger partial charge < -0.3 is 20.7 Å². The molecule has 0 radical (unpaired) electrons. The van der Waals surface area contributed by atoms with Crippen molar-refractivity contribution in [2.45, 2.75) is 44.6 Å². The van der Waals surface area contributed by atoms with Gasteiger partial charge in [0.25, 0.3) is 5.91 Å². The Morgan fingerprint density at radius 1 is 1.03 bits per heavy atom. The average molecular weight is 449 g/mol. The Hall–Kier alpha value is -3.53. The number of nitriles is 1. The maximum Gasteiger partial charge on any atom is 0.251 e. The minimum Gasteiger partial charge on any atom is -0.497 e. The second kappa shape index (κ2) is 12.5. The van der Waals surface area contributed by atoms with Crippen LogP contribution < -0.4 is 20.7 Å². The molecule has 2 aromatic carbocycles. The predicted octanol–water partition coefficient (Wildman–Crippen LogP) is 3.86. The Morgan fingerprint density at radius 3 is 2.36 bits per heavy atom. The smallest absolute Gasteiger partial charge is 0.251 e. The highest BCUT2D eigenvalue weighted by Gasteiger charge is 2.26. The molecular formula is C26H32N4O3. The molecule has 0 aromatic heterocycles. The second-order valence-electron chi connectivity index (χ2n) is 8.40. The summed E-state index contributed by atoms with van der Waals surface area (Å²) in [5, 5.41) is 18.1. The van der Waals surface area contributed by atoms with Crippen LogP contribution in [0.5, 0.6) is 5.75 Å². The predicted molar refractivity (Wildman–Crippen MR) is 128 cm³/mol.